The first kappa shape index (κ1) is 11.0. The minimum Gasteiger partial charge on any atom is -0.369 e. The van der Waals surface area contributed by atoms with Crippen molar-refractivity contribution in [2.75, 3.05) is 18.0 Å². The van der Waals surface area contributed by atoms with Crippen LogP contribution in [-0.4, -0.2) is 24.0 Å². The molecule has 17 heavy (non-hydrogen) atoms. The van der Waals surface area contributed by atoms with E-state index in [0.717, 1.165) is 31.1 Å². The number of aromatic nitrogens is 1. The van der Waals surface area contributed by atoms with Crippen LogP contribution in [0.2, 0.25) is 0 Å². The van der Waals surface area contributed by atoms with Gasteiger partial charge in [0.15, 0.2) is 5.13 Å². The van der Waals surface area contributed by atoms with Gasteiger partial charge in [0.2, 0.25) is 5.91 Å². The van der Waals surface area contributed by atoms with Crippen LogP contribution in [0.1, 0.15) is 29.8 Å². The van der Waals surface area contributed by atoms with Gasteiger partial charge in [-0.2, -0.15) is 0 Å². The number of primary amides is 1. The maximum absolute atomic E-state index is 11.2. The summed E-state index contributed by atoms with van der Waals surface area (Å²) in [7, 11) is 0. The molecule has 3 rings (SSSR count). The molecular formula is C12H17N3OS. The van der Waals surface area contributed by atoms with Crippen LogP contribution in [0.25, 0.3) is 0 Å². The topological polar surface area (TPSA) is 59.2 Å². The van der Waals surface area contributed by atoms with Gasteiger partial charge in [0, 0.05) is 18.0 Å². The molecule has 2 aliphatic rings. The molecule has 92 valence electrons. The molecule has 1 aromatic rings. The number of carbonyl (C=O) groups is 1. The van der Waals surface area contributed by atoms with E-state index in [1.165, 1.54) is 29.8 Å². The number of thiazole rings is 1. The number of carbonyl (C=O) groups excluding carboxylic acids is 1. The van der Waals surface area contributed by atoms with E-state index in [1.807, 2.05) is 11.3 Å². The highest BCUT2D eigenvalue weighted by molar-refractivity contribution is 7.15. The Morgan fingerprint density at radius 2 is 2.24 bits per heavy atom. The van der Waals surface area contributed by atoms with Gasteiger partial charge in [-0.15, -0.1) is 11.3 Å². The molecule has 0 bridgehead atoms. The van der Waals surface area contributed by atoms with Gasteiger partial charge in [-0.05, 0) is 32.1 Å². The van der Waals surface area contributed by atoms with E-state index in [-0.39, 0.29) is 11.8 Å². The molecule has 2 heterocycles. The summed E-state index contributed by atoms with van der Waals surface area (Å²) in [4.78, 5) is 19.5. The minimum atomic E-state index is -0.172. The summed E-state index contributed by atoms with van der Waals surface area (Å²) in [5, 5.41) is 1.10. The largest absolute Gasteiger partial charge is 0.369 e. The fraction of sp³-hybridized carbons (Fsp3) is 0.667. The Balaban J connectivity index is 1.77. The SMILES string of the molecule is NC(=O)C1CCN(c2nc3c(s2)CCCC3)C1. The number of amides is 1. The Morgan fingerprint density at radius 1 is 1.41 bits per heavy atom. The average molecular weight is 251 g/mol. The summed E-state index contributed by atoms with van der Waals surface area (Å²) in [6, 6.07) is 0. The van der Waals surface area contributed by atoms with Crippen molar-refractivity contribution in [3.63, 3.8) is 0 Å². The Hall–Kier alpha value is -1.10. The maximum Gasteiger partial charge on any atom is 0.222 e. The molecule has 0 aromatic carbocycles. The van der Waals surface area contributed by atoms with Crippen molar-refractivity contribution in [1.29, 1.82) is 0 Å². The van der Waals surface area contributed by atoms with Crippen LogP contribution < -0.4 is 10.6 Å². The molecule has 1 aromatic heterocycles. The Labute approximate surface area is 105 Å². The molecule has 1 aliphatic carbocycles. The number of hydrogen-bond acceptors (Lipinski definition) is 4. The minimum absolute atomic E-state index is 0.0101. The van der Waals surface area contributed by atoms with Gasteiger partial charge < -0.3 is 10.6 Å². The van der Waals surface area contributed by atoms with Crippen LogP contribution in [0.5, 0.6) is 0 Å². The summed E-state index contributed by atoms with van der Waals surface area (Å²) in [5.41, 5.74) is 6.64. The van der Waals surface area contributed by atoms with E-state index in [1.54, 1.807) is 0 Å². The van der Waals surface area contributed by atoms with E-state index in [0.29, 0.717) is 0 Å². The molecule has 4 nitrogen and oxygen atoms in total. The highest BCUT2D eigenvalue weighted by Crippen LogP contribution is 2.34. The predicted octanol–water partition coefficient (Wildman–Crippen LogP) is 1.33. The maximum atomic E-state index is 11.2. The lowest BCUT2D eigenvalue weighted by atomic mass is 10.0. The fourth-order valence-corrected chi connectivity index (χ4v) is 3.82. The molecule has 1 aliphatic heterocycles. The molecule has 5 heteroatoms. The van der Waals surface area contributed by atoms with Crippen LogP contribution in [0.3, 0.4) is 0 Å². The third kappa shape index (κ3) is 2.04. The third-order valence-corrected chi connectivity index (χ3v) is 4.91. The summed E-state index contributed by atoms with van der Waals surface area (Å²) in [6.45, 7) is 1.67. The van der Waals surface area contributed by atoms with Crippen LogP contribution in [0, 0.1) is 5.92 Å². The van der Waals surface area contributed by atoms with Crippen LogP contribution in [0.4, 0.5) is 5.13 Å². The number of fused-ring (bicyclic) bond motifs is 1. The van der Waals surface area contributed by atoms with Crippen LogP contribution in [0.15, 0.2) is 0 Å². The van der Waals surface area contributed by atoms with Gasteiger partial charge >= 0.3 is 0 Å². The van der Waals surface area contributed by atoms with Crippen molar-refractivity contribution >= 4 is 22.4 Å². The van der Waals surface area contributed by atoms with Gasteiger partial charge in [-0.1, -0.05) is 0 Å². The average Bonchev–Trinajstić information content (AvgIpc) is 2.95. The predicted molar refractivity (Wildman–Crippen MR) is 68.3 cm³/mol. The molecule has 0 spiro atoms. The lowest BCUT2D eigenvalue weighted by Gasteiger charge is -2.13. The molecular weight excluding hydrogens is 234 g/mol. The summed E-state index contributed by atoms with van der Waals surface area (Å²) < 4.78 is 0. The molecule has 1 atom stereocenters. The summed E-state index contributed by atoms with van der Waals surface area (Å²) in [6.07, 6.45) is 5.73. The molecule has 0 saturated carbocycles. The lowest BCUT2D eigenvalue weighted by molar-refractivity contribution is -0.121. The van der Waals surface area contributed by atoms with Crippen molar-refractivity contribution in [3.8, 4) is 0 Å². The van der Waals surface area contributed by atoms with E-state index < -0.39 is 0 Å². The van der Waals surface area contributed by atoms with Crippen molar-refractivity contribution in [1.82, 2.24) is 4.98 Å². The van der Waals surface area contributed by atoms with Gasteiger partial charge in [-0.3, -0.25) is 4.79 Å². The van der Waals surface area contributed by atoms with E-state index in [2.05, 4.69) is 4.90 Å². The van der Waals surface area contributed by atoms with Crippen LogP contribution >= 0.6 is 11.3 Å². The zero-order valence-electron chi connectivity index (χ0n) is 9.82. The number of nitrogens with zero attached hydrogens (tertiary/aromatic N) is 2. The second-order valence-corrected chi connectivity index (χ2v) is 5.97. The molecule has 1 saturated heterocycles. The van der Waals surface area contributed by atoms with E-state index in [9.17, 15) is 4.79 Å². The molecule has 0 radical (unpaired) electrons. The number of rotatable bonds is 2. The van der Waals surface area contributed by atoms with Gasteiger partial charge in [0.05, 0.1) is 11.6 Å². The third-order valence-electron chi connectivity index (χ3n) is 3.70. The zero-order chi connectivity index (χ0) is 11.8. The first-order chi connectivity index (χ1) is 8.24. The van der Waals surface area contributed by atoms with Crippen molar-refractivity contribution in [3.05, 3.63) is 10.6 Å². The monoisotopic (exact) mass is 251 g/mol. The second kappa shape index (κ2) is 4.29. The number of aryl methyl sites for hydroxylation is 2. The van der Waals surface area contributed by atoms with E-state index >= 15 is 0 Å². The number of hydrogen-bond donors (Lipinski definition) is 1. The highest BCUT2D eigenvalue weighted by Gasteiger charge is 2.29. The highest BCUT2D eigenvalue weighted by atomic mass is 32.1. The molecule has 1 unspecified atom stereocenters. The normalized spacial score (nSPS) is 23.8. The molecule has 2 N–H and O–H groups in total. The molecule has 1 fully saturated rings. The van der Waals surface area contributed by atoms with Crippen molar-refractivity contribution < 1.29 is 4.79 Å². The standard InChI is InChI=1S/C12H17N3OS/c13-11(16)8-5-6-15(7-8)12-14-9-3-1-2-4-10(9)17-12/h8H,1-7H2,(H2,13,16). The van der Waals surface area contributed by atoms with Gasteiger partial charge in [-0.25, -0.2) is 4.98 Å². The summed E-state index contributed by atoms with van der Waals surface area (Å²) >= 11 is 1.81. The molecule has 1 amide bonds. The van der Waals surface area contributed by atoms with Gasteiger partial charge in [0.1, 0.15) is 0 Å². The lowest BCUT2D eigenvalue weighted by Crippen LogP contribution is -2.27. The fourth-order valence-electron chi connectivity index (χ4n) is 2.64. The number of nitrogens with two attached hydrogens (primary N) is 1. The first-order valence-electron chi connectivity index (χ1n) is 6.27. The first-order valence-corrected chi connectivity index (χ1v) is 7.08. The second-order valence-electron chi connectivity index (χ2n) is 4.91. The summed E-state index contributed by atoms with van der Waals surface area (Å²) in [5.74, 6) is -0.162. The Kier molecular flexibility index (Phi) is 2.78. The quantitative estimate of drug-likeness (QED) is 0.862. The number of anilines is 1. The Morgan fingerprint density at radius 3 is 2.94 bits per heavy atom. The van der Waals surface area contributed by atoms with Gasteiger partial charge in [0.25, 0.3) is 0 Å². The van der Waals surface area contributed by atoms with Crippen LogP contribution in [-0.2, 0) is 17.6 Å². The van der Waals surface area contributed by atoms with Crippen molar-refractivity contribution in [2.24, 2.45) is 11.7 Å². The zero-order valence-corrected chi connectivity index (χ0v) is 10.6. The van der Waals surface area contributed by atoms with Crippen molar-refractivity contribution in [2.45, 2.75) is 32.1 Å². The van der Waals surface area contributed by atoms with E-state index in [4.69, 9.17) is 10.7 Å². The Bertz CT molecular complexity index is 419. The smallest absolute Gasteiger partial charge is 0.222 e.